The van der Waals surface area contributed by atoms with Crippen molar-refractivity contribution in [1.82, 2.24) is 0 Å². The Morgan fingerprint density at radius 2 is 1.17 bits per heavy atom. The third kappa shape index (κ3) is 18.4. The highest BCUT2D eigenvalue weighted by Crippen LogP contribution is 2.15. The van der Waals surface area contributed by atoms with Gasteiger partial charge in [0.25, 0.3) is 0 Å². The number of hydrogen-bond donors (Lipinski definition) is 0. The molecule has 1 unspecified atom stereocenters. The Balaban J connectivity index is 4.67. The quantitative estimate of drug-likeness (QED) is 0.109. The van der Waals surface area contributed by atoms with Crippen molar-refractivity contribution >= 4 is 26.8 Å². The first-order chi connectivity index (χ1) is 16.6. The maximum absolute atomic E-state index is 12.2. The Morgan fingerprint density at radius 3 is 1.61 bits per heavy atom. The lowest BCUT2D eigenvalue weighted by Crippen LogP contribution is -2.44. The van der Waals surface area contributed by atoms with E-state index >= 15 is 0 Å². The lowest BCUT2D eigenvalue weighted by Gasteiger charge is -2.32. The molecule has 0 rings (SSSR count). The van der Waals surface area contributed by atoms with Crippen LogP contribution in [-0.4, -0.2) is 120 Å². The fraction of sp³-hybridized carbons (Fsp3) is 0.955. The minimum Gasteiger partial charge on any atom is -0.462 e. The number of quaternary nitrogens is 2. The molecule has 0 N–H and O–H groups in total. The van der Waals surface area contributed by atoms with Gasteiger partial charge in [-0.1, -0.05) is 6.92 Å². The Hall–Kier alpha value is -0.870. The predicted molar refractivity (Wildman–Crippen MR) is 135 cm³/mol. The molecule has 0 aromatic rings. The van der Waals surface area contributed by atoms with Crippen molar-refractivity contribution in [2.75, 3.05) is 81.8 Å². The fourth-order valence-corrected chi connectivity index (χ4v) is 4.41. The van der Waals surface area contributed by atoms with Gasteiger partial charge in [-0.05, 0) is 12.8 Å². The molecule has 0 aromatic carbocycles. The van der Waals surface area contributed by atoms with E-state index in [1.807, 2.05) is 21.0 Å². The van der Waals surface area contributed by atoms with Crippen LogP contribution in [0.1, 0.15) is 51.9 Å². The summed E-state index contributed by atoms with van der Waals surface area (Å²) in [4.78, 5) is 12.2. The van der Waals surface area contributed by atoms with Crippen molar-refractivity contribution in [3.63, 3.8) is 0 Å². The number of nitrogens with zero attached hydrogens (tertiary/aromatic N) is 2. The topological polar surface area (TPSA) is 132 Å². The van der Waals surface area contributed by atoms with Crippen LogP contribution in [0.25, 0.3) is 0 Å². The molecule has 12 nitrogen and oxygen atoms in total. The first-order valence-electron chi connectivity index (χ1n) is 12.3. The summed E-state index contributed by atoms with van der Waals surface area (Å²) in [6.07, 6.45) is 4.25. The number of carbonyl (C=O) groups excluding carboxylic acids is 1. The Bertz CT molecular complexity index is 830. The van der Waals surface area contributed by atoms with Crippen LogP contribution in [0, 0.1) is 0 Å². The van der Waals surface area contributed by atoms with Gasteiger partial charge < -0.3 is 13.7 Å². The molecule has 0 aliphatic heterocycles. The van der Waals surface area contributed by atoms with Crippen LogP contribution in [0.4, 0.5) is 0 Å². The molecule has 0 bridgehead atoms. The summed E-state index contributed by atoms with van der Waals surface area (Å²) in [5, 5.41) is 0. The van der Waals surface area contributed by atoms with Gasteiger partial charge in [0.2, 0.25) is 0 Å². The first kappa shape index (κ1) is 35.1. The van der Waals surface area contributed by atoms with Gasteiger partial charge in [0.15, 0.2) is 0 Å². The fourth-order valence-electron chi connectivity index (χ4n) is 3.58. The van der Waals surface area contributed by atoms with E-state index in [9.17, 15) is 21.6 Å². The summed E-state index contributed by atoms with van der Waals surface area (Å²) >= 11 is 0. The normalized spacial score (nSPS) is 14.1. The highest BCUT2D eigenvalue weighted by molar-refractivity contribution is 7.82. The Labute approximate surface area is 218 Å². The van der Waals surface area contributed by atoms with Gasteiger partial charge in [-0.3, -0.25) is 13.2 Å². The van der Waals surface area contributed by atoms with Crippen molar-refractivity contribution in [1.29, 1.82) is 0 Å². The van der Waals surface area contributed by atoms with Crippen LogP contribution in [0.15, 0.2) is 0 Å². The van der Waals surface area contributed by atoms with Crippen LogP contribution in [0.5, 0.6) is 0 Å². The van der Waals surface area contributed by atoms with Gasteiger partial charge in [-0.2, -0.15) is 16.8 Å². The standard InChI is InChI=1S/C22H48N2O10S2/c1-8-12-22(25)34-21(14-18-24(4,5)17-11-20-33-36(28,29)31-7)13-9-15-23(2,3)16-10-19-32-35(26,27)30-6/h21H,8-20H2,1-7H3/q+2. The minimum absolute atomic E-state index is 0.0439. The van der Waals surface area contributed by atoms with Crippen molar-refractivity contribution in [3.05, 3.63) is 0 Å². The molecule has 216 valence electrons. The summed E-state index contributed by atoms with van der Waals surface area (Å²) in [6.45, 7) is 5.05. The van der Waals surface area contributed by atoms with Crippen LogP contribution in [0.2, 0.25) is 0 Å². The maximum Gasteiger partial charge on any atom is 0.399 e. The van der Waals surface area contributed by atoms with Gasteiger partial charge in [0.05, 0.1) is 81.8 Å². The van der Waals surface area contributed by atoms with E-state index in [1.165, 1.54) is 0 Å². The molecule has 36 heavy (non-hydrogen) atoms. The van der Waals surface area contributed by atoms with Crippen LogP contribution in [-0.2, 0) is 47.1 Å². The zero-order valence-corrected chi connectivity index (χ0v) is 24.7. The molecule has 0 fully saturated rings. The first-order valence-corrected chi connectivity index (χ1v) is 15.0. The molecule has 0 aliphatic rings. The van der Waals surface area contributed by atoms with E-state index in [1.54, 1.807) is 0 Å². The van der Waals surface area contributed by atoms with Gasteiger partial charge in [-0.25, -0.2) is 8.37 Å². The summed E-state index contributed by atoms with van der Waals surface area (Å²) in [5.41, 5.74) is 0. The smallest absolute Gasteiger partial charge is 0.399 e. The molecule has 14 heteroatoms. The summed E-state index contributed by atoms with van der Waals surface area (Å²) < 4.78 is 70.1. The lowest BCUT2D eigenvalue weighted by molar-refractivity contribution is -0.891. The molecule has 0 saturated heterocycles. The van der Waals surface area contributed by atoms with Crippen LogP contribution >= 0.6 is 0 Å². The summed E-state index contributed by atoms with van der Waals surface area (Å²) in [6, 6.07) is 0. The van der Waals surface area contributed by atoms with Crippen LogP contribution in [0.3, 0.4) is 0 Å². The monoisotopic (exact) mass is 564 g/mol. The van der Waals surface area contributed by atoms with Crippen LogP contribution < -0.4 is 0 Å². The van der Waals surface area contributed by atoms with E-state index in [0.717, 1.165) is 53.1 Å². The largest absolute Gasteiger partial charge is 0.462 e. The molecular formula is C22H48N2O10S2+2. The van der Waals surface area contributed by atoms with Gasteiger partial charge in [-0.15, -0.1) is 0 Å². The average molecular weight is 565 g/mol. The zero-order valence-electron chi connectivity index (χ0n) is 23.1. The Kier molecular flexibility index (Phi) is 16.5. The molecule has 0 aliphatic carbocycles. The number of hydrogen-bond acceptors (Lipinski definition) is 10. The third-order valence-electron chi connectivity index (χ3n) is 5.78. The van der Waals surface area contributed by atoms with Crippen molar-refractivity contribution in [2.45, 2.75) is 58.0 Å². The lowest BCUT2D eigenvalue weighted by atomic mass is 10.1. The molecule has 0 amide bonds. The predicted octanol–water partition coefficient (Wildman–Crippen LogP) is 1.62. The zero-order chi connectivity index (χ0) is 27.9. The number of carbonyl (C=O) groups is 1. The molecule has 0 heterocycles. The second-order valence-electron chi connectivity index (χ2n) is 10.1. The average Bonchev–Trinajstić information content (AvgIpc) is 2.78. The number of rotatable bonds is 22. The molecule has 1 atom stereocenters. The van der Waals surface area contributed by atoms with Crippen molar-refractivity contribution < 1.29 is 52.1 Å². The maximum atomic E-state index is 12.2. The van der Waals surface area contributed by atoms with Gasteiger partial charge in [0.1, 0.15) is 6.10 Å². The van der Waals surface area contributed by atoms with Crippen molar-refractivity contribution in [2.24, 2.45) is 0 Å². The molecule has 0 spiro atoms. The number of ether oxygens (including phenoxy) is 1. The summed E-state index contributed by atoms with van der Waals surface area (Å²) in [7, 11) is 2.49. The van der Waals surface area contributed by atoms with Crippen molar-refractivity contribution in [3.8, 4) is 0 Å². The highest BCUT2D eigenvalue weighted by atomic mass is 32.3. The third-order valence-corrected chi connectivity index (χ3v) is 7.50. The second-order valence-corrected chi connectivity index (χ2v) is 12.8. The minimum atomic E-state index is -3.93. The van der Waals surface area contributed by atoms with Gasteiger partial charge >= 0.3 is 26.8 Å². The number of esters is 1. The Morgan fingerprint density at radius 1 is 0.722 bits per heavy atom. The molecule has 0 radical (unpaired) electrons. The molecule has 0 saturated carbocycles. The van der Waals surface area contributed by atoms with E-state index in [4.69, 9.17) is 13.1 Å². The van der Waals surface area contributed by atoms with Gasteiger partial charge in [0, 0.05) is 32.1 Å². The van der Waals surface area contributed by atoms with E-state index < -0.39 is 20.8 Å². The summed E-state index contributed by atoms with van der Waals surface area (Å²) in [5.74, 6) is -0.198. The van der Waals surface area contributed by atoms with E-state index in [2.05, 4.69) is 22.5 Å². The van der Waals surface area contributed by atoms with E-state index in [-0.39, 0.29) is 25.3 Å². The molecule has 0 aromatic heterocycles. The SMILES string of the molecule is CCCC(=O)OC(CCC[N+](C)(C)CCCOS(=O)(=O)OC)CC[N+](C)(C)CCCOS(=O)(=O)OC. The van der Waals surface area contributed by atoms with E-state index in [0.29, 0.717) is 41.2 Å². The molecular weight excluding hydrogens is 516 g/mol. The second kappa shape index (κ2) is 16.9. The highest BCUT2D eigenvalue weighted by Gasteiger charge is 2.23.